The Balaban J connectivity index is 2.35. The second-order valence-electron chi connectivity index (χ2n) is 2.49. The largest absolute Gasteiger partial charge is 0.392 e. The maximum absolute atomic E-state index is 9.22. The standard InChI is InChI=1S/C6H10BrClO/c7-5-2-1-4(8)3-6(5)9/h4-6,9H,1-3H2/t4?,5-,6?/m0/s1. The lowest BCUT2D eigenvalue weighted by atomic mass is 9.97. The minimum Gasteiger partial charge on any atom is -0.392 e. The maximum atomic E-state index is 9.22. The van der Waals surface area contributed by atoms with E-state index in [-0.39, 0.29) is 16.3 Å². The monoisotopic (exact) mass is 212 g/mol. The lowest BCUT2D eigenvalue weighted by molar-refractivity contribution is 0.141. The number of halogens is 2. The molecule has 1 aliphatic carbocycles. The molecule has 0 aromatic heterocycles. The highest BCUT2D eigenvalue weighted by Crippen LogP contribution is 2.27. The van der Waals surface area contributed by atoms with E-state index in [1.165, 1.54) is 0 Å². The Labute approximate surface area is 68.5 Å². The summed E-state index contributed by atoms with van der Waals surface area (Å²) in [6.07, 6.45) is 2.52. The molecule has 0 aromatic rings. The van der Waals surface area contributed by atoms with Crippen molar-refractivity contribution < 1.29 is 5.11 Å². The zero-order chi connectivity index (χ0) is 6.85. The highest BCUT2D eigenvalue weighted by molar-refractivity contribution is 9.09. The zero-order valence-electron chi connectivity index (χ0n) is 5.06. The van der Waals surface area contributed by atoms with Crippen LogP contribution < -0.4 is 0 Å². The molecule has 3 heteroatoms. The van der Waals surface area contributed by atoms with Crippen LogP contribution in [-0.2, 0) is 0 Å². The Hall–Kier alpha value is 0.730. The van der Waals surface area contributed by atoms with E-state index in [9.17, 15) is 5.11 Å². The van der Waals surface area contributed by atoms with E-state index in [1.54, 1.807) is 0 Å². The van der Waals surface area contributed by atoms with Crippen molar-refractivity contribution in [3.8, 4) is 0 Å². The van der Waals surface area contributed by atoms with E-state index in [4.69, 9.17) is 11.6 Å². The van der Waals surface area contributed by atoms with Crippen molar-refractivity contribution in [2.75, 3.05) is 0 Å². The molecule has 2 unspecified atom stereocenters. The van der Waals surface area contributed by atoms with Crippen LogP contribution in [0, 0.1) is 0 Å². The van der Waals surface area contributed by atoms with Gasteiger partial charge in [0.25, 0.3) is 0 Å². The molecule has 1 nitrogen and oxygen atoms in total. The molecule has 0 amide bonds. The molecule has 0 aromatic carbocycles. The molecule has 54 valence electrons. The van der Waals surface area contributed by atoms with Crippen molar-refractivity contribution in [2.45, 2.75) is 35.6 Å². The number of hydrogen-bond acceptors (Lipinski definition) is 1. The van der Waals surface area contributed by atoms with Gasteiger partial charge < -0.3 is 5.11 Å². The van der Waals surface area contributed by atoms with E-state index in [0.717, 1.165) is 19.3 Å². The van der Waals surface area contributed by atoms with Crippen molar-refractivity contribution in [3.63, 3.8) is 0 Å². The molecule has 1 fully saturated rings. The number of rotatable bonds is 0. The third-order valence-corrected chi connectivity index (χ3v) is 3.13. The summed E-state index contributed by atoms with van der Waals surface area (Å²) in [5, 5.41) is 9.41. The predicted molar refractivity (Wildman–Crippen MR) is 42.2 cm³/mol. The summed E-state index contributed by atoms with van der Waals surface area (Å²) in [5.74, 6) is 0. The summed E-state index contributed by atoms with van der Waals surface area (Å²) < 4.78 is 0. The molecule has 0 aliphatic heterocycles. The van der Waals surface area contributed by atoms with Gasteiger partial charge in [0, 0.05) is 10.2 Å². The quantitative estimate of drug-likeness (QED) is 0.610. The van der Waals surface area contributed by atoms with Crippen molar-refractivity contribution in [2.24, 2.45) is 0 Å². The van der Waals surface area contributed by atoms with Crippen molar-refractivity contribution in [3.05, 3.63) is 0 Å². The van der Waals surface area contributed by atoms with Crippen molar-refractivity contribution in [1.82, 2.24) is 0 Å². The molecule has 0 bridgehead atoms. The van der Waals surface area contributed by atoms with Gasteiger partial charge >= 0.3 is 0 Å². The molecule has 0 heterocycles. The van der Waals surface area contributed by atoms with Crippen LogP contribution in [0.3, 0.4) is 0 Å². The summed E-state index contributed by atoms with van der Waals surface area (Å²) in [6.45, 7) is 0. The minimum absolute atomic E-state index is 0.189. The molecule has 3 atom stereocenters. The topological polar surface area (TPSA) is 20.2 Å². The summed E-state index contributed by atoms with van der Waals surface area (Å²) in [5.41, 5.74) is 0. The van der Waals surface area contributed by atoms with Gasteiger partial charge in [0.1, 0.15) is 0 Å². The van der Waals surface area contributed by atoms with Crippen LogP contribution in [0.1, 0.15) is 19.3 Å². The normalized spacial score (nSPS) is 45.0. The fraction of sp³-hybridized carbons (Fsp3) is 1.00. The first kappa shape index (κ1) is 7.83. The molecular weight excluding hydrogens is 203 g/mol. The molecule has 0 radical (unpaired) electrons. The van der Waals surface area contributed by atoms with Gasteiger partial charge in [-0.2, -0.15) is 0 Å². The number of alkyl halides is 2. The SMILES string of the molecule is OC1CC(Cl)CC[C@@H]1Br. The van der Waals surface area contributed by atoms with Crippen LogP contribution in [0.5, 0.6) is 0 Å². The second-order valence-corrected chi connectivity index (χ2v) is 4.29. The molecule has 0 spiro atoms. The van der Waals surface area contributed by atoms with Gasteiger partial charge in [-0.15, -0.1) is 11.6 Å². The number of hydrogen-bond donors (Lipinski definition) is 1. The lowest BCUT2D eigenvalue weighted by Gasteiger charge is -2.25. The highest BCUT2D eigenvalue weighted by Gasteiger charge is 2.25. The zero-order valence-corrected chi connectivity index (χ0v) is 7.40. The van der Waals surface area contributed by atoms with Gasteiger partial charge in [-0.25, -0.2) is 0 Å². The van der Waals surface area contributed by atoms with Gasteiger partial charge in [0.05, 0.1) is 6.10 Å². The Bertz CT molecular complexity index is 99.1. The maximum Gasteiger partial charge on any atom is 0.0679 e. The van der Waals surface area contributed by atoms with E-state index >= 15 is 0 Å². The minimum atomic E-state index is -0.235. The molecule has 1 rings (SSSR count). The highest BCUT2D eigenvalue weighted by atomic mass is 79.9. The Morgan fingerprint density at radius 2 is 2.11 bits per heavy atom. The summed E-state index contributed by atoms with van der Waals surface area (Å²) in [6, 6.07) is 0. The second kappa shape index (κ2) is 3.22. The summed E-state index contributed by atoms with van der Waals surface area (Å²) >= 11 is 9.17. The van der Waals surface area contributed by atoms with E-state index < -0.39 is 0 Å². The smallest absolute Gasteiger partial charge is 0.0679 e. The lowest BCUT2D eigenvalue weighted by Crippen LogP contribution is -2.29. The van der Waals surface area contributed by atoms with Crippen molar-refractivity contribution >= 4 is 27.5 Å². The first-order valence-electron chi connectivity index (χ1n) is 3.16. The average molecular weight is 214 g/mol. The van der Waals surface area contributed by atoms with Crippen LogP contribution in [0.25, 0.3) is 0 Å². The molecule has 9 heavy (non-hydrogen) atoms. The molecule has 0 saturated heterocycles. The predicted octanol–water partition coefficient (Wildman–Crippen LogP) is 1.90. The first-order chi connectivity index (χ1) is 4.20. The van der Waals surface area contributed by atoms with E-state index in [1.807, 2.05) is 0 Å². The Morgan fingerprint density at radius 1 is 1.44 bits per heavy atom. The van der Waals surface area contributed by atoms with Crippen LogP contribution in [0.2, 0.25) is 0 Å². The molecule has 1 saturated carbocycles. The fourth-order valence-corrected chi connectivity index (χ4v) is 1.85. The first-order valence-corrected chi connectivity index (χ1v) is 4.51. The summed E-state index contributed by atoms with van der Waals surface area (Å²) in [4.78, 5) is 0.271. The van der Waals surface area contributed by atoms with Crippen LogP contribution in [0.15, 0.2) is 0 Å². The van der Waals surface area contributed by atoms with Crippen LogP contribution in [0.4, 0.5) is 0 Å². The van der Waals surface area contributed by atoms with Crippen molar-refractivity contribution in [1.29, 1.82) is 0 Å². The number of aliphatic hydroxyl groups is 1. The van der Waals surface area contributed by atoms with Gasteiger partial charge in [-0.3, -0.25) is 0 Å². The van der Waals surface area contributed by atoms with Gasteiger partial charge in [-0.1, -0.05) is 15.9 Å². The third kappa shape index (κ3) is 2.10. The molecule has 1 aliphatic rings. The van der Waals surface area contributed by atoms with E-state index in [2.05, 4.69) is 15.9 Å². The Kier molecular flexibility index (Phi) is 2.80. The van der Waals surface area contributed by atoms with Crippen LogP contribution >= 0.6 is 27.5 Å². The van der Waals surface area contributed by atoms with Gasteiger partial charge in [0.15, 0.2) is 0 Å². The molecular formula is C6H10BrClO. The summed E-state index contributed by atoms with van der Waals surface area (Å²) in [7, 11) is 0. The number of aliphatic hydroxyl groups excluding tert-OH is 1. The molecule has 1 N–H and O–H groups in total. The van der Waals surface area contributed by atoms with Gasteiger partial charge in [0.2, 0.25) is 0 Å². The van der Waals surface area contributed by atoms with Crippen LogP contribution in [-0.4, -0.2) is 21.4 Å². The Morgan fingerprint density at radius 3 is 2.56 bits per heavy atom. The average Bonchev–Trinajstić information content (AvgIpc) is 1.80. The fourth-order valence-electron chi connectivity index (χ4n) is 1.06. The van der Waals surface area contributed by atoms with Gasteiger partial charge in [-0.05, 0) is 19.3 Å². The third-order valence-electron chi connectivity index (χ3n) is 1.67. The van der Waals surface area contributed by atoms with E-state index in [0.29, 0.717) is 0 Å².